The second-order valence-electron chi connectivity index (χ2n) is 7.96. The van der Waals surface area contributed by atoms with E-state index in [1.165, 1.54) is 24.0 Å². The Kier molecular flexibility index (Phi) is 5.98. The van der Waals surface area contributed by atoms with Crippen LogP contribution in [0.2, 0.25) is 0 Å². The van der Waals surface area contributed by atoms with Gasteiger partial charge in [0.05, 0.1) is 22.8 Å². The van der Waals surface area contributed by atoms with Crippen LogP contribution in [0.4, 0.5) is 24.5 Å². The van der Waals surface area contributed by atoms with E-state index >= 15 is 8.78 Å². The molecule has 0 aliphatic carbocycles. The van der Waals surface area contributed by atoms with Crippen molar-refractivity contribution in [3.8, 4) is 11.1 Å². The minimum Gasteiger partial charge on any atom is -0.457 e. The standard InChI is InChI=1S/C22H21F3N4O3/c1-22(2,3)32-15(31)8-6-11-16(18(25)19(26)20(17(11)24)27-10-30)12-5-7-14(23)13-9-28-29(4)21(12)13/h5-10H,26H2,1-4H3,(H,27,30)/b8-6+. The summed E-state index contributed by atoms with van der Waals surface area (Å²) in [5.74, 6) is -3.54. The lowest BCUT2D eigenvalue weighted by Gasteiger charge is -2.19. The van der Waals surface area contributed by atoms with Gasteiger partial charge in [0.15, 0.2) is 11.6 Å². The molecule has 10 heteroatoms. The fourth-order valence-corrected chi connectivity index (χ4v) is 3.29. The quantitative estimate of drug-likeness (QED) is 0.265. The molecule has 0 aliphatic heterocycles. The summed E-state index contributed by atoms with van der Waals surface area (Å²) in [6.45, 7) is 4.95. The van der Waals surface area contributed by atoms with Gasteiger partial charge in [0, 0.05) is 29.8 Å². The van der Waals surface area contributed by atoms with E-state index in [9.17, 15) is 14.0 Å². The van der Waals surface area contributed by atoms with Gasteiger partial charge in [-0.15, -0.1) is 0 Å². The fraction of sp³-hybridized carbons (Fsp3) is 0.227. The monoisotopic (exact) mass is 446 g/mol. The molecule has 1 aromatic heterocycles. The third kappa shape index (κ3) is 4.16. The van der Waals surface area contributed by atoms with E-state index in [1.54, 1.807) is 20.8 Å². The number of nitrogens with two attached hydrogens (primary N) is 1. The van der Waals surface area contributed by atoms with Gasteiger partial charge in [0.1, 0.15) is 17.1 Å². The summed E-state index contributed by atoms with van der Waals surface area (Å²) in [5, 5.41) is 6.11. The van der Waals surface area contributed by atoms with Crippen LogP contribution in [-0.4, -0.2) is 27.8 Å². The summed E-state index contributed by atoms with van der Waals surface area (Å²) in [4.78, 5) is 23.0. The molecule has 0 bridgehead atoms. The van der Waals surface area contributed by atoms with Gasteiger partial charge in [-0.3, -0.25) is 9.48 Å². The molecule has 1 amide bonds. The molecular weight excluding hydrogens is 425 g/mol. The number of aryl methyl sites for hydroxylation is 1. The topological polar surface area (TPSA) is 99.2 Å². The normalized spacial score (nSPS) is 11.8. The zero-order chi connectivity index (χ0) is 23.8. The number of rotatable bonds is 5. The van der Waals surface area contributed by atoms with Gasteiger partial charge in [-0.05, 0) is 39.0 Å². The summed E-state index contributed by atoms with van der Waals surface area (Å²) < 4.78 is 51.6. The van der Waals surface area contributed by atoms with E-state index in [0.717, 1.165) is 18.2 Å². The van der Waals surface area contributed by atoms with E-state index in [0.29, 0.717) is 0 Å². The number of benzene rings is 2. The maximum Gasteiger partial charge on any atom is 0.331 e. The minimum absolute atomic E-state index is 0.0838. The molecule has 168 valence electrons. The number of fused-ring (bicyclic) bond motifs is 1. The molecule has 0 unspecified atom stereocenters. The van der Waals surface area contributed by atoms with Gasteiger partial charge in [-0.25, -0.2) is 18.0 Å². The van der Waals surface area contributed by atoms with Crippen molar-refractivity contribution in [1.82, 2.24) is 9.78 Å². The van der Waals surface area contributed by atoms with E-state index in [2.05, 4.69) is 5.10 Å². The number of aromatic nitrogens is 2. The second-order valence-corrected chi connectivity index (χ2v) is 7.96. The molecule has 2 aromatic carbocycles. The van der Waals surface area contributed by atoms with Crippen molar-refractivity contribution in [3.63, 3.8) is 0 Å². The van der Waals surface area contributed by atoms with Gasteiger partial charge < -0.3 is 15.8 Å². The van der Waals surface area contributed by atoms with Crippen LogP contribution in [0.1, 0.15) is 26.3 Å². The van der Waals surface area contributed by atoms with Gasteiger partial charge in [-0.2, -0.15) is 5.10 Å². The number of esters is 1. The van der Waals surface area contributed by atoms with Crippen LogP contribution in [0.5, 0.6) is 0 Å². The molecule has 0 saturated heterocycles. The number of hydrogen-bond acceptors (Lipinski definition) is 5. The molecule has 3 aromatic rings. The van der Waals surface area contributed by atoms with E-state index in [-0.39, 0.29) is 34.0 Å². The van der Waals surface area contributed by atoms with E-state index in [1.807, 2.05) is 5.32 Å². The molecule has 0 radical (unpaired) electrons. The smallest absolute Gasteiger partial charge is 0.331 e. The lowest BCUT2D eigenvalue weighted by atomic mass is 9.94. The fourth-order valence-electron chi connectivity index (χ4n) is 3.29. The van der Waals surface area contributed by atoms with Crippen LogP contribution in [0.25, 0.3) is 28.1 Å². The predicted molar refractivity (Wildman–Crippen MR) is 115 cm³/mol. The number of carbonyl (C=O) groups is 2. The third-order valence-electron chi connectivity index (χ3n) is 4.56. The van der Waals surface area contributed by atoms with Crippen LogP contribution in [0.3, 0.4) is 0 Å². The first-order valence-electron chi connectivity index (χ1n) is 9.48. The number of amides is 1. The lowest BCUT2D eigenvalue weighted by Crippen LogP contribution is -2.22. The molecule has 0 spiro atoms. The second kappa shape index (κ2) is 8.37. The summed E-state index contributed by atoms with van der Waals surface area (Å²) >= 11 is 0. The van der Waals surface area contributed by atoms with E-state index < -0.39 is 40.4 Å². The average Bonchev–Trinajstić information content (AvgIpc) is 3.09. The Balaban J connectivity index is 2.34. The minimum atomic E-state index is -1.08. The van der Waals surface area contributed by atoms with E-state index in [4.69, 9.17) is 10.5 Å². The number of hydrogen-bond donors (Lipinski definition) is 2. The van der Waals surface area contributed by atoms with Crippen LogP contribution in [0, 0.1) is 17.5 Å². The van der Waals surface area contributed by atoms with Gasteiger partial charge in [-0.1, -0.05) is 0 Å². The maximum absolute atomic E-state index is 15.5. The molecule has 3 rings (SSSR count). The lowest BCUT2D eigenvalue weighted by molar-refractivity contribution is -0.148. The first kappa shape index (κ1) is 22.9. The van der Waals surface area contributed by atoms with Gasteiger partial charge in [0.2, 0.25) is 6.41 Å². The van der Waals surface area contributed by atoms with Crippen LogP contribution >= 0.6 is 0 Å². The first-order chi connectivity index (χ1) is 15.0. The molecule has 0 atom stereocenters. The average molecular weight is 446 g/mol. The first-order valence-corrected chi connectivity index (χ1v) is 9.48. The highest BCUT2D eigenvalue weighted by Gasteiger charge is 2.26. The Bertz CT molecular complexity index is 1260. The van der Waals surface area contributed by atoms with Crippen LogP contribution < -0.4 is 11.1 Å². The molecular formula is C22H21F3N4O3. The zero-order valence-corrected chi connectivity index (χ0v) is 17.8. The molecule has 32 heavy (non-hydrogen) atoms. The van der Waals surface area contributed by atoms with Crippen molar-refractivity contribution < 1.29 is 27.5 Å². The van der Waals surface area contributed by atoms with Crippen molar-refractivity contribution in [2.75, 3.05) is 11.1 Å². The number of ether oxygens (including phenoxy) is 1. The summed E-state index contributed by atoms with van der Waals surface area (Å²) in [6, 6.07) is 2.35. The Morgan fingerprint density at radius 3 is 2.53 bits per heavy atom. The summed E-state index contributed by atoms with van der Waals surface area (Å²) in [6.07, 6.45) is 3.34. The van der Waals surface area contributed by atoms with Gasteiger partial charge >= 0.3 is 5.97 Å². The highest BCUT2D eigenvalue weighted by Crippen LogP contribution is 2.41. The zero-order valence-electron chi connectivity index (χ0n) is 17.8. The molecule has 0 fully saturated rings. The molecule has 0 aliphatic rings. The molecule has 1 heterocycles. The highest BCUT2D eigenvalue weighted by molar-refractivity contribution is 6.00. The molecule has 0 saturated carbocycles. The van der Waals surface area contributed by atoms with Crippen molar-refractivity contribution >= 4 is 40.7 Å². The summed E-state index contributed by atoms with van der Waals surface area (Å²) in [5.41, 5.74) is 3.26. The number of nitrogens with zero attached hydrogens (tertiary/aromatic N) is 2. The Morgan fingerprint density at radius 1 is 1.22 bits per heavy atom. The number of halogens is 3. The maximum atomic E-state index is 15.5. The largest absolute Gasteiger partial charge is 0.457 e. The third-order valence-corrected chi connectivity index (χ3v) is 4.56. The van der Waals surface area contributed by atoms with Gasteiger partial charge in [0.25, 0.3) is 0 Å². The summed E-state index contributed by atoms with van der Waals surface area (Å²) in [7, 11) is 1.52. The number of nitrogen functional groups attached to an aromatic ring is 1. The molecule has 3 N–H and O–H groups in total. The van der Waals surface area contributed by atoms with Crippen molar-refractivity contribution in [1.29, 1.82) is 0 Å². The predicted octanol–water partition coefficient (Wildman–Crippen LogP) is 4.16. The highest BCUT2D eigenvalue weighted by atomic mass is 19.1. The Labute approximate surface area is 181 Å². The SMILES string of the molecule is Cn1ncc2c(F)ccc(-c3c(F)c(N)c(NC=O)c(F)c3/C=C/C(=O)OC(C)(C)C)c21. The number of anilines is 2. The molecule has 7 nitrogen and oxygen atoms in total. The van der Waals surface area contributed by atoms with Crippen molar-refractivity contribution in [3.05, 3.63) is 47.4 Å². The number of carbonyl (C=O) groups excluding carboxylic acids is 2. The Hall–Kier alpha value is -3.82. The number of nitrogens with one attached hydrogen (secondary N) is 1. The van der Waals surface area contributed by atoms with Crippen LogP contribution in [-0.2, 0) is 21.4 Å². The van der Waals surface area contributed by atoms with Crippen molar-refractivity contribution in [2.24, 2.45) is 7.05 Å². The Morgan fingerprint density at radius 2 is 1.91 bits per heavy atom. The van der Waals surface area contributed by atoms with Crippen LogP contribution in [0.15, 0.2) is 24.4 Å². The van der Waals surface area contributed by atoms with Crippen molar-refractivity contribution in [2.45, 2.75) is 26.4 Å².